The Morgan fingerprint density at radius 1 is 1.40 bits per heavy atom. The smallest absolute Gasteiger partial charge is 0.223 e. The van der Waals surface area contributed by atoms with Gasteiger partial charge in [-0.3, -0.25) is 4.79 Å². The Kier molecular flexibility index (Phi) is 4.48. The number of benzene rings is 1. The van der Waals surface area contributed by atoms with Gasteiger partial charge in [0, 0.05) is 23.9 Å². The lowest BCUT2D eigenvalue weighted by atomic mass is 9.83. The molecular weight excluding hydrogens is 248 g/mol. The summed E-state index contributed by atoms with van der Waals surface area (Å²) in [6.45, 7) is 7.10. The van der Waals surface area contributed by atoms with Gasteiger partial charge in [0.15, 0.2) is 0 Å². The minimum atomic E-state index is -0.0532. The third kappa shape index (κ3) is 3.60. The molecule has 0 radical (unpaired) electrons. The minimum Gasteiger partial charge on any atom is -0.355 e. The lowest BCUT2D eigenvalue weighted by molar-refractivity contribution is -0.125. The van der Waals surface area contributed by atoms with Gasteiger partial charge in [0.1, 0.15) is 0 Å². The summed E-state index contributed by atoms with van der Waals surface area (Å²) in [6, 6.07) is 8.69. The summed E-state index contributed by atoms with van der Waals surface area (Å²) in [6.07, 6.45) is 2.73. The van der Waals surface area contributed by atoms with Crippen molar-refractivity contribution in [1.29, 1.82) is 0 Å². The van der Waals surface area contributed by atoms with Crippen LogP contribution < -0.4 is 11.1 Å². The molecule has 2 unspecified atom stereocenters. The average molecular weight is 274 g/mol. The van der Waals surface area contributed by atoms with Crippen LogP contribution in [0.15, 0.2) is 24.3 Å². The zero-order valence-corrected chi connectivity index (χ0v) is 12.8. The molecule has 2 atom stereocenters. The zero-order chi connectivity index (χ0) is 14.8. The molecule has 0 bridgehead atoms. The maximum atomic E-state index is 12.2. The van der Waals surface area contributed by atoms with Crippen LogP contribution in [0.4, 0.5) is 0 Å². The molecule has 1 amide bonds. The Hall–Kier alpha value is -1.35. The molecule has 0 aromatic heterocycles. The van der Waals surface area contributed by atoms with E-state index in [0.717, 1.165) is 19.3 Å². The van der Waals surface area contributed by atoms with E-state index in [-0.39, 0.29) is 23.3 Å². The second-order valence-corrected chi connectivity index (χ2v) is 6.74. The molecule has 0 aliphatic heterocycles. The molecule has 1 aromatic carbocycles. The van der Waals surface area contributed by atoms with Crippen LogP contribution >= 0.6 is 0 Å². The van der Waals surface area contributed by atoms with Crippen LogP contribution in [0.2, 0.25) is 0 Å². The van der Waals surface area contributed by atoms with Crippen molar-refractivity contribution in [2.75, 3.05) is 6.54 Å². The number of carbonyl (C=O) groups excluding carboxylic acids is 1. The average Bonchev–Trinajstić information content (AvgIpc) is 2.83. The van der Waals surface area contributed by atoms with Gasteiger partial charge < -0.3 is 11.1 Å². The lowest BCUT2D eigenvalue weighted by Gasteiger charge is -2.27. The van der Waals surface area contributed by atoms with Crippen molar-refractivity contribution in [1.82, 2.24) is 5.32 Å². The summed E-state index contributed by atoms with van der Waals surface area (Å²) >= 11 is 0. The fourth-order valence-corrected chi connectivity index (χ4v) is 2.88. The molecule has 1 saturated carbocycles. The number of hydrogen-bond acceptors (Lipinski definition) is 2. The Balaban J connectivity index is 1.93. The van der Waals surface area contributed by atoms with Crippen molar-refractivity contribution in [3.05, 3.63) is 35.4 Å². The van der Waals surface area contributed by atoms with Crippen LogP contribution in [-0.4, -0.2) is 18.5 Å². The van der Waals surface area contributed by atoms with Crippen LogP contribution in [0.1, 0.15) is 44.2 Å². The summed E-state index contributed by atoms with van der Waals surface area (Å²) in [4.78, 5) is 12.2. The highest BCUT2D eigenvalue weighted by atomic mass is 16.1. The van der Waals surface area contributed by atoms with E-state index in [1.807, 2.05) is 0 Å². The Morgan fingerprint density at radius 3 is 2.75 bits per heavy atom. The number of aryl methyl sites for hydroxylation is 1. The summed E-state index contributed by atoms with van der Waals surface area (Å²) in [5, 5.41) is 3.11. The Labute approximate surface area is 121 Å². The fourth-order valence-electron chi connectivity index (χ4n) is 2.88. The van der Waals surface area contributed by atoms with Gasteiger partial charge in [0.25, 0.3) is 0 Å². The fraction of sp³-hybridized carbons (Fsp3) is 0.588. The molecule has 1 aliphatic rings. The van der Waals surface area contributed by atoms with E-state index in [2.05, 4.69) is 50.4 Å². The maximum absolute atomic E-state index is 12.2. The molecule has 1 aromatic rings. The van der Waals surface area contributed by atoms with Crippen LogP contribution in [0, 0.1) is 12.8 Å². The van der Waals surface area contributed by atoms with E-state index < -0.39 is 0 Å². The van der Waals surface area contributed by atoms with E-state index in [1.54, 1.807) is 0 Å². The normalized spacial score (nSPS) is 22.8. The van der Waals surface area contributed by atoms with Crippen molar-refractivity contribution in [3.63, 3.8) is 0 Å². The van der Waals surface area contributed by atoms with Crippen LogP contribution in [0.25, 0.3) is 0 Å². The molecule has 3 heteroatoms. The zero-order valence-electron chi connectivity index (χ0n) is 12.8. The van der Waals surface area contributed by atoms with Gasteiger partial charge >= 0.3 is 0 Å². The molecule has 0 saturated heterocycles. The monoisotopic (exact) mass is 274 g/mol. The van der Waals surface area contributed by atoms with Gasteiger partial charge in [-0.15, -0.1) is 0 Å². The summed E-state index contributed by atoms with van der Waals surface area (Å²) in [5.41, 5.74) is 8.34. The molecule has 20 heavy (non-hydrogen) atoms. The van der Waals surface area contributed by atoms with Crippen molar-refractivity contribution >= 4 is 5.91 Å². The quantitative estimate of drug-likeness (QED) is 0.886. The molecule has 110 valence electrons. The van der Waals surface area contributed by atoms with Crippen molar-refractivity contribution in [3.8, 4) is 0 Å². The maximum Gasteiger partial charge on any atom is 0.223 e. The SMILES string of the molecule is Cc1cccc(C(C)(C)CNC(=O)C2CCC(N)C2)c1. The molecule has 3 N–H and O–H groups in total. The topological polar surface area (TPSA) is 55.1 Å². The second kappa shape index (κ2) is 5.96. The van der Waals surface area contributed by atoms with Crippen molar-refractivity contribution in [2.45, 2.75) is 51.5 Å². The van der Waals surface area contributed by atoms with E-state index in [9.17, 15) is 4.79 Å². The Bertz CT molecular complexity index is 482. The van der Waals surface area contributed by atoms with Gasteiger partial charge in [0.2, 0.25) is 5.91 Å². The molecular formula is C17H26N2O. The van der Waals surface area contributed by atoms with Gasteiger partial charge in [-0.05, 0) is 31.7 Å². The number of carbonyl (C=O) groups is 1. The molecule has 0 spiro atoms. The van der Waals surface area contributed by atoms with Crippen molar-refractivity contribution in [2.24, 2.45) is 11.7 Å². The van der Waals surface area contributed by atoms with Crippen LogP contribution in [-0.2, 0) is 10.2 Å². The van der Waals surface area contributed by atoms with E-state index in [0.29, 0.717) is 6.54 Å². The summed E-state index contributed by atoms with van der Waals surface area (Å²) in [7, 11) is 0. The number of amides is 1. The first-order chi connectivity index (χ1) is 9.38. The van der Waals surface area contributed by atoms with Gasteiger partial charge in [-0.1, -0.05) is 43.7 Å². The summed E-state index contributed by atoms with van der Waals surface area (Å²) < 4.78 is 0. The first-order valence-electron chi connectivity index (χ1n) is 7.49. The highest BCUT2D eigenvalue weighted by Gasteiger charge is 2.29. The third-order valence-electron chi connectivity index (χ3n) is 4.35. The first-order valence-corrected chi connectivity index (χ1v) is 7.49. The van der Waals surface area contributed by atoms with E-state index in [4.69, 9.17) is 5.73 Å². The van der Waals surface area contributed by atoms with Gasteiger partial charge in [-0.2, -0.15) is 0 Å². The van der Waals surface area contributed by atoms with Crippen LogP contribution in [0.3, 0.4) is 0 Å². The molecule has 3 nitrogen and oxygen atoms in total. The number of hydrogen-bond donors (Lipinski definition) is 2. The highest BCUT2D eigenvalue weighted by molar-refractivity contribution is 5.79. The van der Waals surface area contributed by atoms with Crippen molar-refractivity contribution < 1.29 is 4.79 Å². The Morgan fingerprint density at radius 2 is 2.15 bits per heavy atom. The number of rotatable bonds is 4. The van der Waals surface area contributed by atoms with Crippen LogP contribution in [0.5, 0.6) is 0 Å². The molecule has 1 aliphatic carbocycles. The highest BCUT2D eigenvalue weighted by Crippen LogP contribution is 2.26. The predicted molar refractivity (Wildman–Crippen MR) is 82.5 cm³/mol. The lowest BCUT2D eigenvalue weighted by Crippen LogP contribution is -2.39. The standard InChI is InChI=1S/C17H26N2O/c1-12-5-4-6-14(9-12)17(2,3)11-19-16(20)13-7-8-15(18)10-13/h4-6,9,13,15H,7-8,10-11,18H2,1-3H3,(H,19,20). The number of nitrogens with two attached hydrogens (primary N) is 1. The third-order valence-corrected chi connectivity index (χ3v) is 4.35. The molecule has 1 fully saturated rings. The van der Waals surface area contributed by atoms with E-state index >= 15 is 0 Å². The predicted octanol–water partition coefficient (Wildman–Crippen LogP) is 2.52. The summed E-state index contributed by atoms with van der Waals surface area (Å²) in [5.74, 6) is 0.275. The molecule has 0 heterocycles. The second-order valence-electron chi connectivity index (χ2n) is 6.74. The van der Waals surface area contributed by atoms with Gasteiger partial charge in [0.05, 0.1) is 0 Å². The first kappa shape index (κ1) is 15.0. The van der Waals surface area contributed by atoms with E-state index in [1.165, 1.54) is 11.1 Å². The molecule has 2 rings (SSSR count). The largest absolute Gasteiger partial charge is 0.355 e. The number of nitrogens with one attached hydrogen (secondary N) is 1. The van der Waals surface area contributed by atoms with Gasteiger partial charge in [-0.25, -0.2) is 0 Å². The minimum absolute atomic E-state index is 0.0532.